The predicted octanol–water partition coefficient (Wildman–Crippen LogP) is 3.37. The molecule has 29 heavy (non-hydrogen) atoms. The van der Waals surface area contributed by atoms with Crippen LogP contribution in [0.3, 0.4) is 0 Å². The van der Waals surface area contributed by atoms with Gasteiger partial charge in [-0.1, -0.05) is 6.92 Å². The number of aryl methyl sites for hydroxylation is 1. The fourth-order valence-electron chi connectivity index (χ4n) is 3.33. The SMILES string of the molecule is C[C@@H]1CCc2c(sc3nc(COC(=O)/C=C/c4ccc([N+](=O)[O-])o4)[nH]c(=O)c23)C1. The van der Waals surface area contributed by atoms with Crippen molar-refractivity contribution < 1.29 is 18.9 Å². The minimum Gasteiger partial charge on any atom is -0.454 e. The van der Waals surface area contributed by atoms with Crippen LogP contribution in [0.5, 0.6) is 0 Å². The summed E-state index contributed by atoms with van der Waals surface area (Å²) in [6, 6.07) is 2.56. The number of thiophene rings is 1. The van der Waals surface area contributed by atoms with Gasteiger partial charge in [0.1, 0.15) is 27.9 Å². The van der Waals surface area contributed by atoms with Gasteiger partial charge in [-0.2, -0.15) is 0 Å². The van der Waals surface area contributed by atoms with Crippen molar-refractivity contribution in [2.45, 2.75) is 32.8 Å². The molecule has 1 aliphatic carbocycles. The maximum absolute atomic E-state index is 12.5. The second-order valence-corrected chi connectivity index (χ2v) is 8.00. The van der Waals surface area contributed by atoms with E-state index in [-0.39, 0.29) is 23.8 Å². The first-order valence-electron chi connectivity index (χ1n) is 9.03. The van der Waals surface area contributed by atoms with Crippen LogP contribution in [0.4, 0.5) is 5.88 Å². The average Bonchev–Trinajstić information content (AvgIpc) is 3.28. The number of carbonyl (C=O) groups is 1. The van der Waals surface area contributed by atoms with Gasteiger partial charge in [-0.3, -0.25) is 14.9 Å². The minimum absolute atomic E-state index is 0.153. The standard InChI is InChI=1S/C19H17N3O6S/c1-10-2-5-12-13(8-10)29-19-17(12)18(24)20-14(21-19)9-27-16(23)7-4-11-3-6-15(28-11)22(25)26/h3-4,6-7,10H,2,5,8-9H2,1H3,(H,20,21,24)/b7-4+/t10-/m1/s1. The Morgan fingerprint density at radius 3 is 3.10 bits per heavy atom. The molecular formula is C19H17N3O6S. The third kappa shape index (κ3) is 3.97. The summed E-state index contributed by atoms with van der Waals surface area (Å²) < 4.78 is 10.0. The highest BCUT2D eigenvalue weighted by Gasteiger charge is 2.23. The highest BCUT2D eigenvalue weighted by atomic mass is 32.1. The Labute approximate surface area is 168 Å². The fourth-order valence-corrected chi connectivity index (χ4v) is 4.73. The molecule has 4 rings (SSSR count). The number of aromatic amines is 1. The van der Waals surface area contributed by atoms with Crippen molar-refractivity contribution >= 4 is 39.5 Å². The largest absolute Gasteiger partial charge is 0.454 e. The highest BCUT2D eigenvalue weighted by molar-refractivity contribution is 7.18. The van der Waals surface area contributed by atoms with Crippen LogP contribution in [-0.4, -0.2) is 20.9 Å². The zero-order valence-electron chi connectivity index (χ0n) is 15.5. The summed E-state index contributed by atoms with van der Waals surface area (Å²) in [5.41, 5.74) is 0.877. The van der Waals surface area contributed by atoms with Crippen LogP contribution in [0.25, 0.3) is 16.3 Å². The van der Waals surface area contributed by atoms with E-state index in [1.165, 1.54) is 34.4 Å². The Morgan fingerprint density at radius 1 is 1.52 bits per heavy atom. The number of esters is 1. The molecule has 1 aliphatic rings. The summed E-state index contributed by atoms with van der Waals surface area (Å²) in [5, 5.41) is 11.2. The third-order valence-electron chi connectivity index (χ3n) is 4.74. The molecule has 0 saturated heterocycles. The van der Waals surface area contributed by atoms with Gasteiger partial charge in [0.2, 0.25) is 0 Å². The molecule has 0 radical (unpaired) electrons. The molecule has 1 atom stereocenters. The number of hydrogen-bond acceptors (Lipinski definition) is 8. The number of hydrogen-bond donors (Lipinski definition) is 1. The van der Waals surface area contributed by atoms with E-state index < -0.39 is 16.8 Å². The second-order valence-electron chi connectivity index (χ2n) is 6.92. The molecular weight excluding hydrogens is 398 g/mol. The monoisotopic (exact) mass is 415 g/mol. The van der Waals surface area contributed by atoms with Gasteiger partial charge in [-0.25, -0.2) is 9.78 Å². The average molecular weight is 415 g/mol. The normalized spacial score (nSPS) is 16.2. The zero-order chi connectivity index (χ0) is 20.5. The summed E-state index contributed by atoms with van der Waals surface area (Å²) in [6.45, 7) is 2.01. The Bertz CT molecular complexity index is 1190. The van der Waals surface area contributed by atoms with Gasteiger partial charge < -0.3 is 14.1 Å². The van der Waals surface area contributed by atoms with Gasteiger partial charge in [0.05, 0.1) is 11.5 Å². The maximum Gasteiger partial charge on any atom is 0.433 e. The number of nitrogens with one attached hydrogen (secondary N) is 1. The molecule has 10 heteroatoms. The topological polar surface area (TPSA) is 128 Å². The molecule has 0 amide bonds. The quantitative estimate of drug-likeness (QED) is 0.293. The van der Waals surface area contributed by atoms with Crippen molar-refractivity contribution in [3.05, 3.63) is 60.7 Å². The van der Waals surface area contributed by atoms with Crippen LogP contribution in [-0.2, 0) is 29.0 Å². The molecule has 3 heterocycles. The summed E-state index contributed by atoms with van der Waals surface area (Å²) >= 11 is 1.53. The molecule has 0 aliphatic heterocycles. The number of ether oxygens (including phenoxy) is 1. The van der Waals surface area contributed by atoms with Crippen LogP contribution in [0.2, 0.25) is 0 Å². The van der Waals surface area contributed by atoms with Crippen molar-refractivity contribution in [1.82, 2.24) is 9.97 Å². The molecule has 0 saturated carbocycles. The van der Waals surface area contributed by atoms with E-state index in [1.54, 1.807) is 0 Å². The van der Waals surface area contributed by atoms with Gasteiger partial charge >= 0.3 is 11.9 Å². The van der Waals surface area contributed by atoms with Crippen LogP contribution in [0.15, 0.2) is 27.4 Å². The van der Waals surface area contributed by atoms with Crippen molar-refractivity contribution in [3.8, 4) is 0 Å². The predicted molar refractivity (Wildman–Crippen MR) is 106 cm³/mol. The van der Waals surface area contributed by atoms with Crippen molar-refractivity contribution in [2.75, 3.05) is 0 Å². The van der Waals surface area contributed by atoms with E-state index in [1.807, 2.05) is 0 Å². The van der Waals surface area contributed by atoms with Crippen molar-refractivity contribution in [1.29, 1.82) is 0 Å². The molecule has 0 bridgehead atoms. The molecule has 0 unspecified atom stereocenters. The lowest BCUT2D eigenvalue weighted by atomic mass is 9.89. The number of rotatable bonds is 5. The highest BCUT2D eigenvalue weighted by Crippen LogP contribution is 2.35. The molecule has 0 aromatic carbocycles. The van der Waals surface area contributed by atoms with Crippen molar-refractivity contribution in [3.63, 3.8) is 0 Å². The molecule has 3 aromatic heterocycles. The first kappa shape index (κ1) is 19.1. The molecule has 0 fully saturated rings. The van der Waals surface area contributed by atoms with Crippen LogP contribution < -0.4 is 5.56 Å². The Morgan fingerprint density at radius 2 is 2.34 bits per heavy atom. The van der Waals surface area contributed by atoms with Gasteiger partial charge in [0, 0.05) is 11.0 Å². The van der Waals surface area contributed by atoms with Gasteiger partial charge in [-0.05, 0) is 42.9 Å². The van der Waals surface area contributed by atoms with Crippen molar-refractivity contribution in [2.24, 2.45) is 5.92 Å². The Kier molecular flexibility index (Phi) is 5.01. The molecule has 3 aromatic rings. The molecule has 0 spiro atoms. The first-order chi connectivity index (χ1) is 13.9. The fraction of sp³-hybridized carbons (Fsp3) is 0.316. The lowest BCUT2D eigenvalue weighted by Gasteiger charge is -2.17. The number of fused-ring (bicyclic) bond motifs is 3. The maximum atomic E-state index is 12.5. The van der Waals surface area contributed by atoms with E-state index >= 15 is 0 Å². The third-order valence-corrected chi connectivity index (χ3v) is 5.89. The van der Waals surface area contributed by atoms with Crippen LogP contribution in [0, 0.1) is 16.0 Å². The summed E-state index contributed by atoms with van der Waals surface area (Å²) in [4.78, 5) is 43.3. The molecule has 1 N–H and O–H groups in total. The number of carbonyl (C=O) groups excluding carboxylic acids is 1. The number of nitrogens with zero attached hydrogens (tertiary/aromatic N) is 2. The van der Waals surface area contributed by atoms with Gasteiger partial charge in [0.25, 0.3) is 5.56 Å². The Balaban J connectivity index is 1.45. The number of H-pyrrole nitrogens is 1. The van der Waals surface area contributed by atoms with E-state index in [9.17, 15) is 19.7 Å². The van der Waals surface area contributed by atoms with E-state index in [0.29, 0.717) is 16.1 Å². The van der Waals surface area contributed by atoms with Gasteiger partial charge in [0.15, 0.2) is 0 Å². The molecule has 9 nitrogen and oxygen atoms in total. The van der Waals surface area contributed by atoms with Gasteiger partial charge in [-0.15, -0.1) is 11.3 Å². The number of furan rings is 1. The first-order valence-corrected chi connectivity index (χ1v) is 9.85. The molecule has 150 valence electrons. The lowest BCUT2D eigenvalue weighted by Crippen LogP contribution is -2.15. The summed E-state index contributed by atoms with van der Waals surface area (Å²) in [5.74, 6) is -0.0887. The second kappa shape index (κ2) is 7.63. The smallest absolute Gasteiger partial charge is 0.433 e. The number of aromatic nitrogens is 2. The van der Waals surface area contributed by atoms with Crippen LogP contribution >= 0.6 is 11.3 Å². The van der Waals surface area contributed by atoms with E-state index in [0.717, 1.165) is 30.9 Å². The van der Waals surface area contributed by atoms with E-state index in [4.69, 9.17) is 9.15 Å². The lowest BCUT2D eigenvalue weighted by molar-refractivity contribution is -0.402. The summed E-state index contributed by atoms with van der Waals surface area (Å²) in [6.07, 6.45) is 5.25. The zero-order valence-corrected chi connectivity index (χ0v) is 16.3. The number of nitro groups is 1. The van der Waals surface area contributed by atoms with Crippen LogP contribution in [0.1, 0.15) is 35.4 Å². The minimum atomic E-state index is -0.689. The Hall–Kier alpha value is -3.27. The summed E-state index contributed by atoms with van der Waals surface area (Å²) in [7, 11) is 0. The van der Waals surface area contributed by atoms with E-state index in [2.05, 4.69) is 16.9 Å².